The smallest absolute Gasteiger partial charge is 0.332 e. The van der Waals surface area contributed by atoms with E-state index < -0.39 is 36.9 Å². The zero-order valence-corrected chi connectivity index (χ0v) is 25.6. The van der Waals surface area contributed by atoms with E-state index in [0.29, 0.717) is 22.9 Å². The van der Waals surface area contributed by atoms with Gasteiger partial charge in [0.2, 0.25) is 11.9 Å². The molecule has 2 aromatic carbocycles. The van der Waals surface area contributed by atoms with Crippen LogP contribution >= 0.6 is 11.6 Å². The van der Waals surface area contributed by atoms with Gasteiger partial charge in [-0.2, -0.15) is 21.8 Å². The van der Waals surface area contributed by atoms with E-state index >= 15 is 0 Å². The Bertz CT molecular complexity index is 1580. The Balaban J connectivity index is 0.000000928. The van der Waals surface area contributed by atoms with Crippen LogP contribution in [0.25, 0.3) is 0 Å². The summed E-state index contributed by atoms with van der Waals surface area (Å²) in [6, 6.07) is 8.50. The first kappa shape index (κ1) is 34.5. The number of amides is 2. The average Bonchev–Trinajstić information content (AvgIpc) is 2.84. The number of halogens is 2. The van der Waals surface area contributed by atoms with Gasteiger partial charge in [0.15, 0.2) is 0 Å². The van der Waals surface area contributed by atoms with Gasteiger partial charge >= 0.3 is 16.3 Å². The minimum atomic E-state index is -4.89. The molecule has 0 spiro atoms. The lowest BCUT2D eigenvalue weighted by atomic mass is 10.1. The molecule has 42 heavy (non-hydrogen) atoms. The summed E-state index contributed by atoms with van der Waals surface area (Å²) in [6.45, 7) is 7.02. The van der Waals surface area contributed by atoms with Crippen molar-refractivity contribution in [3.8, 4) is 5.75 Å². The summed E-state index contributed by atoms with van der Waals surface area (Å²) in [5, 5.41) is 5.43. The Hall–Kier alpha value is -3.67. The number of nitrogens with zero attached hydrogens (tertiary/aromatic N) is 3. The number of guanidine groups is 2. The molecule has 0 saturated heterocycles. The molecule has 0 bridgehead atoms. The van der Waals surface area contributed by atoms with Gasteiger partial charge < -0.3 is 26.8 Å². The van der Waals surface area contributed by atoms with Gasteiger partial charge in [-0.1, -0.05) is 17.7 Å². The zero-order valence-electron chi connectivity index (χ0n) is 23.3. The van der Waals surface area contributed by atoms with Crippen LogP contribution in [0.1, 0.15) is 32.8 Å². The number of nitrogens with one attached hydrogen (secondary N) is 2. The Labute approximate surface area is 248 Å². The molecule has 1 aliphatic rings. The van der Waals surface area contributed by atoms with E-state index in [9.17, 15) is 25.5 Å². The largest absolute Gasteiger partial charge is 0.492 e. The standard InChI is InChI=1S/C22H27ClFN7O4S.C2H6O3S/c1-13-5-6-14(11-18(13)36(24,33)34)28-21(32)27-9-4-10-35-17-8-7-15(12-16(17)23)31-20(26)29-19(25)30-22(31,2)3;1-2-6(3,4)5/h5-8,11-12H,4,9-10H2,1-3H3,(H2,27,28,32)(H4,25,26,29,30);2H2,1H3,(H,3,4,5). The lowest BCUT2D eigenvalue weighted by molar-refractivity contribution is 0.250. The molecule has 1 heterocycles. The van der Waals surface area contributed by atoms with Crippen LogP contribution in [-0.2, 0) is 20.3 Å². The summed E-state index contributed by atoms with van der Waals surface area (Å²) in [5.74, 6) is 0.526. The molecular formula is C24H33ClFN7O7S2. The number of anilines is 2. The molecule has 2 aromatic rings. The van der Waals surface area contributed by atoms with Gasteiger partial charge in [-0.25, -0.2) is 9.79 Å². The average molecular weight is 650 g/mol. The van der Waals surface area contributed by atoms with Gasteiger partial charge in [-0.15, -0.1) is 3.89 Å². The van der Waals surface area contributed by atoms with Crippen LogP contribution in [0.3, 0.4) is 0 Å². The maximum Gasteiger partial charge on any atom is 0.332 e. The van der Waals surface area contributed by atoms with Crippen molar-refractivity contribution in [2.24, 2.45) is 21.5 Å². The number of nitrogens with two attached hydrogens (primary N) is 2. The van der Waals surface area contributed by atoms with E-state index in [1.807, 2.05) is 13.8 Å². The van der Waals surface area contributed by atoms with E-state index in [0.717, 1.165) is 6.07 Å². The number of hydrogen-bond donors (Lipinski definition) is 5. The predicted molar refractivity (Wildman–Crippen MR) is 160 cm³/mol. The Morgan fingerprint density at radius 3 is 2.36 bits per heavy atom. The number of hydrogen-bond acceptors (Lipinski definition) is 11. The van der Waals surface area contributed by atoms with Gasteiger partial charge in [0.1, 0.15) is 16.3 Å². The second kappa shape index (κ2) is 14.0. The highest BCUT2D eigenvalue weighted by molar-refractivity contribution is 7.86. The molecule has 0 aliphatic carbocycles. The summed E-state index contributed by atoms with van der Waals surface area (Å²) in [7, 11) is -8.55. The van der Waals surface area contributed by atoms with Gasteiger partial charge in [-0.3, -0.25) is 9.45 Å². The Morgan fingerprint density at radius 1 is 1.17 bits per heavy atom. The van der Waals surface area contributed by atoms with Crippen molar-refractivity contribution >= 4 is 61.3 Å². The summed E-state index contributed by atoms with van der Waals surface area (Å²) in [6.07, 6.45) is 0.455. The zero-order chi connectivity index (χ0) is 31.9. The molecular weight excluding hydrogens is 617 g/mol. The highest BCUT2D eigenvalue weighted by Crippen LogP contribution is 2.34. The van der Waals surface area contributed by atoms with Gasteiger partial charge in [0.25, 0.3) is 10.1 Å². The van der Waals surface area contributed by atoms with Crippen LogP contribution in [-0.4, -0.2) is 63.9 Å². The summed E-state index contributed by atoms with van der Waals surface area (Å²) in [4.78, 5) is 21.6. The minimum absolute atomic E-state index is 0.0958. The summed E-state index contributed by atoms with van der Waals surface area (Å²) in [5.41, 5.74) is 12.0. The molecule has 0 saturated carbocycles. The lowest BCUT2D eigenvalue weighted by Gasteiger charge is -2.38. The third-order valence-corrected chi connectivity index (χ3v) is 7.50. The molecule has 0 radical (unpaired) electrons. The van der Waals surface area contributed by atoms with Crippen molar-refractivity contribution < 1.29 is 34.8 Å². The first-order chi connectivity index (χ1) is 19.3. The Kier molecular flexibility index (Phi) is 11.5. The van der Waals surface area contributed by atoms with Crippen LogP contribution in [0, 0.1) is 6.92 Å². The number of aliphatic imine (C=N–C) groups is 2. The minimum Gasteiger partial charge on any atom is -0.492 e. The quantitative estimate of drug-likeness (QED) is 0.152. The van der Waals surface area contributed by atoms with E-state index in [1.165, 1.54) is 26.0 Å². The number of benzene rings is 2. The number of ether oxygens (including phenoxy) is 1. The third kappa shape index (κ3) is 10.3. The number of aryl methyl sites for hydroxylation is 1. The number of urea groups is 1. The molecule has 0 fully saturated rings. The molecule has 18 heteroatoms. The summed E-state index contributed by atoms with van der Waals surface area (Å²) >= 11 is 6.39. The Morgan fingerprint density at radius 2 is 1.81 bits per heavy atom. The first-order valence-electron chi connectivity index (χ1n) is 12.3. The van der Waals surface area contributed by atoms with E-state index in [-0.39, 0.29) is 42.1 Å². The van der Waals surface area contributed by atoms with E-state index in [1.54, 1.807) is 23.1 Å². The van der Waals surface area contributed by atoms with Crippen LogP contribution in [0.15, 0.2) is 51.3 Å². The third-order valence-electron chi connectivity index (χ3n) is 5.50. The molecule has 7 N–H and O–H groups in total. The van der Waals surface area contributed by atoms with Gasteiger partial charge in [0.05, 0.1) is 17.4 Å². The van der Waals surface area contributed by atoms with Crippen molar-refractivity contribution in [1.29, 1.82) is 0 Å². The van der Waals surface area contributed by atoms with Crippen LogP contribution < -0.4 is 31.7 Å². The molecule has 0 atom stereocenters. The van der Waals surface area contributed by atoms with Crippen molar-refractivity contribution in [1.82, 2.24) is 5.32 Å². The van der Waals surface area contributed by atoms with E-state index in [2.05, 4.69) is 20.6 Å². The molecule has 14 nitrogen and oxygen atoms in total. The number of carbonyl (C=O) groups excluding carboxylic acids is 1. The van der Waals surface area contributed by atoms with Crippen molar-refractivity contribution in [2.45, 2.75) is 44.7 Å². The van der Waals surface area contributed by atoms with Crippen molar-refractivity contribution in [3.05, 3.63) is 47.0 Å². The molecule has 232 valence electrons. The second-order valence-electron chi connectivity index (χ2n) is 9.26. The second-order valence-corrected chi connectivity index (χ2v) is 12.7. The van der Waals surface area contributed by atoms with Crippen molar-refractivity contribution in [3.63, 3.8) is 0 Å². The fourth-order valence-corrected chi connectivity index (χ4v) is 4.52. The predicted octanol–water partition coefficient (Wildman–Crippen LogP) is 2.98. The SMILES string of the molecule is CCS(=O)(=O)O.Cc1ccc(NC(=O)NCCCOc2ccc(N3C(N)=NC(N)=NC3(C)C)cc2Cl)cc1S(=O)(=O)F. The molecule has 0 unspecified atom stereocenters. The molecule has 1 aliphatic heterocycles. The molecule has 3 rings (SSSR count). The van der Waals surface area contributed by atoms with Gasteiger partial charge in [0, 0.05) is 17.9 Å². The van der Waals surface area contributed by atoms with Crippen molar-refractivity contribution in [2.75, 3.05) is 29.1 Å². The van der Waals surface area contributed by atoms with Crippen LogP contribution in [0.4, 0.5) is 20.1 Å². The highest BCUT2D eigenvalue weighted by atomic mass is 35.5. The topological polar surface area (TPSA) is 219 Å². The molecule has 2 amide bonds. The summed E-state index contributed by atoms with van der Waals surface area (Å²) < 4.78 is 68.3. The van der Waals surface area contributed by atoms with Gasteiger partial charge in [-0.05, 0) is 70.0 Å². The van der Waals surface area contributed by atoms with E-state index in [4.69, 9.17) is 32.4 Å². The maximum atomic E-state index is 13.3. The van der Waals surface area contributed by atoms with Crippen LogP contribution in [0.5, 0.6) is 5.75 Å². The highest BCUT2D eigenvalue weighted by Gasteiger charge is 2.33. The lowest BCUT2D eigenvalue weighted by Crippen LogP contribution is -2.54. The monoisotopic (exact) mass is 649 g/mol. The van der Waals surface area contributed by atoms with Crippen LogP contribution in [0.2, 0.25) is 5.02 Å². The number of rotatable bonds is 9. The fourth-order valence-electron chi connectivity index (χ4n) is 3.57. The fraction of sp³-hybridized carbons (Fsp3) is 0.375. The first-order valence-corrected chi connectivity index (χ1v) is 15.7. The number of carbonyl (C=O) groups is 1. The normalized spacial score (nSPS) is 14.6. The molecule has 0 aromatic heterocycles. The maximum absolute atomic E-state index is 13.3.